The SMILES string of the molecule is CCCn1c(=O)n(CCC(=O)Nc2ccccc2C(=O)NC2CCCC2)c2ccccc21. The van der Waals surface area contributed by atoms with E-state index in [1.807, 2.05) is 31.2 Å². The van der Waals surface area contributed by atoms with Crippen LogP contribution in [0.2, 0.25) is 0 Å². The smallest absolute Gasteiger partial charge is 0.329 e. The van der Waals surface area contributed by atoms with Crippen LogP contribution in [-0.2, 0) is 17.9 Å². The maximum atomic E-state index is 12.9. The predicted molar refractivity (Wildman–Crippen MR) is 126 cm³/mol. The van der Waals surface area contributed by atoms with E-state index < -0.39 is 0 Å². The van der Waals surface area contributed by atoms with Crippen LogP contribution in [0.5, 0.6) is 0 Å². The first-order valence-electron chi connectivity index (χ1n) is 11.5. The highest BCUT2D eigenvalue weighted by Gasteiger charge is 2.20. The molecule has 3 aromatic rings. The first-order valence-corrected chi connectivity index (χ1v) is 11.5. The van der Waals surface area contributed by atoms with Gasteiger partial charge in [0.15, 0.2) is 0 Å². The average molecular weight is 435 g/mol. The minimum atomic E-state index is -0.231. The van der Waals surface area contributed by atoms with E-state index in [2.05, 4.69) is 10.6 Å². The van der Waals surface area contributed by atoms with Crippen molar-refractivity contribution in [1.82, 2.24) is 14.5 Å². The molecule has 32 heavy (non-hydrogen) atoms. The maximum absolute atomic E-state index is 12.9. The number of anilines is 1. The second kappa shape index (κ2) is 9.85. The zero-order valence-electron chi connectivity index (χ0n) is 18.5. The van der Waals surface area contributed by atoms with Gasteiger partial charge >= 0.3 is 5.69 Å². The summed E-state index contributed by atoms with van der Waals surface area (Å²) in [6.45, 7) is 2.95. The molecule has 0 spiro atoms. The van der Waals surface area contributed by atoms with Crippen molar-refractivity contribution in [2.24, 2.45) is 0 Å². The lowest BCUT2D eigenvalue weighted by atomic mass is 10.1. The van der Waals surface area contributed by atoms with Gasteiger partial charge in [-0.2, -0.15) is 0 Å². The van der Waals surface area contributed by atoms with Gasteiger partial charge < -0.3 is 10.6 Å². The van der Waals surface area contributed by atoms with Gasteiger partial charge in [0.1, 0.15) is 0 Å². The van der Waals surface area contributed by atoms with Gasteiger partial charge in [0, 0.05) is 25.6 Å². The number of aromatic nitrogens is 2. The normalized spacial score (nSPS) is 14.0. The molecule has 0 saturated heterocycles. The van der Waals surface area contributed by atoms with Gasteiger partial charge in [-0.1, -0.05) is 44.0 Å². The fourth-order valence-corrected chi connectivity index (χ4v) is 4.48. The Morgan fingerprint density at radius 1 is 0.938 bits per heavy atom. The van der Waals surface area contributed by atoms with Crippen LogP contribution in [-0.4, -0.2) is 27.0 Å². The Hall–Kier alpha value is -3.35. The van der Waals surface area contributed by atoms with Gasteiger partial charge in [0.2, 0.25) is 5.91 Å². The average Bonchev–Trinajstić information content (AvgIpc) is 3.39. The Morgan fingerprint density at radius 2 is 1.56 bits per heavy atom. The molecule has 1 aromatic heterocycles. The van der Waals surface area contributed by atoms with Crippen LogP contribution in [0.4, 0.5) is 5.69 Å². The number of hydrogen-bond donors (Lipinski definition) is 2. The Balaban J connectivity index is 1.46. The molecular weight excluding hydrogens is 404 g/mol. The van der Waals surface area contributed by atoms with E-state index in [4.69, 9.17) is 0 Å². The van der Waals surface area contributed by atoms with Gasteiger partial charge in [0.25, 0.3) is 5.91 Å². The minimum absolute atomic E-state index is 0.0998. The van der Waals surface area contributed by atoms with Crippen molar-refractivity contribution in [3.05, 3.63) is 64.6 Å². The molecule has 1 saturated carbocycles. The van der Waals surface area contributed by atoms with Crippen molar-refractivity contribution in [2.45, 2.75) is 64.6 Å². The van der Waals surface area contributed by atoms with Crippen LogP contribution in [0.25, 0.3) is 11.0 Å². The molecule has 4 rings (SSSR count). The third-order valence-electron chi connectivity index (χ3n) is 6.07. The number of fused-ring (bicyclic) bond motifs is 1. The number of amides is 2. The van der Waals surface area contributed by atoms with Gasteiger partial charge in [-0.05, 0) is 43.5 Å². The minimum Gasteiger partial charge on any atom is -0.349 e. The highest BCUT2D eigenvalue weighted by molar-refractivity contribution is 6.03. The molecule has 168 valence electrons. The van der Waals surface area contributed by atoms with Crippen molar-refractivity contribution >= 4 is 28.5 Å². The quantitative estimate of drug-likeness (QED) is 0.564. The third-order valence-corrected chi connectivity index (χ3v) is 6.07. The molecule has 1 aliphatic carbocycles. The highest BCUT2D eigenvalue weighted by Crippen LogP contribution is 2.21. The molecule has 2 N–H and O–H groups in total. The summed E-state index contributed by atoms with van der Waals surface area (Å²) >= 11 is 0. The van der Waals surface area contributed by atoms with E-state index in [1.54, 1.807) is 33.4 Å². The fraction of sp³-hybridized carbons (Fsp3) is 0.400. The number of aryl methyl sites for hydroxylation is 2. The van der Waals surface area contributed by atoms with Crippen LogP contribution in [0.15, 0.2) is 53.3 Å². The summed E-state index contributed by atoms with van der Waals surface area (Å²) in [5.41, 5.74) is 2.57. The van der Waals surface area contributed by atoms with E-state index in [0.29, 0.717) is 17.8 Å². The second-order valence-corrected chi connectivity index (χ2v) is 8.37. The summed E-state index contributed by atoms with van der Waals surface area (Å²) in [6.07, 6.45) is 5.27. The standard InChI is InChI=1S/C25H30N4O3/c1-2-16-28-21-13-7-8-14-22(21)29(25(28)32)17-15-23(30)27-20-12-6-5-11-19(20)24(31)26-18-9-3-4-10-18/h5-8,11-14,18H,2-4,9-10,15-17H2,1H3,(H,26,31)(H,27,30). The van der Waals surface area contributed by atoms with Crippen molar-refractivity contribution in [1.29, 1.82) is 0 Å². The number of imidazole rings is 1. The summed E-state index contributed by atoms with van der Waals surface area (Å²) in [5.74, 6) is -0.392. The van der Waals surface area contributed by atoms with E-state index in [-0.39, 0.29) is 36.5 Å². The summed E-state index contributed by atoms with van der Waals surface area (Å²) in [4.78, 5) is 38.3. The lowest BCUT2D eigenvalue weighted by molar-refractivity contribution is -0.116. The van der Waals surface area contributed by atoms with Gasteiger partial charge in [-0.25, -0.2) is 4.79 Å². The van der Waals surface area contributed by atoms with E-state index in [0.717, 1.165) is 43.1 Å². The third kappa shape index (κ3) is 4.61. The van der Waals surface area contributed by atoms with Crippen molar-refractivity contribution in [2.75, 3.05) is 5.32 Å². The number of rotatable bonds is 8. The van der Waals surface area contributed by atoms with Gasteiger partial charge in [-0.3, -0.25) is 18.7 Å². The second-order valence-electron chi connectivity index (χ2n) is 8.37. The van der Waals surface area contributed by atoms with Crippen molar-refractivity contribution < 1.29 is 9.59 Å². The van der Waals surface area contributed by atoms with Gasteiger partial charge in [-0.15, -0.1) is 0 Å². The summed E-state index contributed by atoms with van der Waals surface area (Å²) in [7, 11) is 0. The van der Waals surface area contributed by atoms with Crippen LogP contribution in [0, 0.1) is 0 Å². The predicted octanol–water partition coefficient (Wildman–Crippen LogP) is 3.91. The van der Waals surface area contributed by atoms with Crippen LogP contribution < -0.4 is 16.3 Å². The zero-order chi connectivity index (χ0) is 22.5. The van der Waals surface area contributed by atoms with E-state index in [9.17, 15) is 14.4 Å². The lowest BCUT2D eigenvalue weighted by Gasteiger charge is -2.15. The number of benzene rings is 2. The first-order chi connectivity index (χ1) is 15.6. The van der Waals surface area contributed by atoms with Crippen LogP contribution >= 0.6 is 0 Å². The Bertz CT molecular complexity index is 1170. The number of carbonyl (C=O) groups excluding carboxylic acids is 2. The molecule has 0 aliphatic heterocycles. The first kappa shape index (κ1) is 21.9. The van der Waals surface area contributed by atoms with Crippen LogP contribution in [0.3, 0.4) is 0 Å². The summed E-state index contributed by atoms with van der Waals surface area (Å²) in [6, 6.07) is 14.9. The maximum Gasteiger partial charge on any atom is 0.329 e. The fourth-order valence-electron chi connectivity index (χ4n) is 4.48. The molecule has 1 fully saturated rings. The van der Waals surface area contributed by atoms with Crippen molar-refractivity contribution in [3.8, 4) is 0 Å². The Morgan fingerprint density at radius 3 is 2.25 bits per heavy atom. The molecule has 0 radical (unpaired) electrons. The monoisotopic (exact) mass is 434 g/mol. The summed E-state index contributed by atoms with van der Waals surface area (Å²) in [5, 5.41) is 5.93. The summed E-state index contributed by atoms with van der Waals surface area (Å²) < 4.78 is 3.42. The number of hydrogen-bond acceptors (Lipinski definition) is 3. The Kier molecular flexibility index (Phi) is 6.73. The number of carbonyl (C=O) groups is 2. The molecule has 1 aliphatic rings. The van der Waals surface area contributed by atoms with E-state index >= 15 is 0 Å². The molecule has 1 heterocycles. The number of para-hydroxylation sites is 3. The molecule has 0 atom stereocenters. The highest BCUT2D eigenvalue weighted by atomic mass is 16.2. The molecule has 7 nitrogen and oxygen atoms in total. The van der Waals surface area contributed by atoms with Crippen molar-refractivity contribution in [3.63, 3.8) is 0 Å². The molecule has 2 aromatic carbocycles. The van der Waals surface area contributed by atoms with Crippen LogP contribution in [0.1, 0.15) is 55.8 Å². The largest absolute Gasteiger partial charge is 0.349 e. The molecule has 0 bridgehead atoms. The molecular formula is C25H30N4O3. The number of nitrogens with one attached hydrogen (secondary N) is 2. The topological polar surface area (TPSA) is 85.1 Å². The molecule has 2 amide bonds. The molecule has 0 unspecified atom stereocenters. The lowest BCUT2D eigenvalue weighted by Crippen LogP contribution is -2.33. The zero-order valence-corrected chi connectivity index (χ0v) is 18.5. The van der Waals surface area contributed by atoms with E-state index in [1.165, 1.54) is 0 Å². The van der Waals surface area contributed by atoms with Gasteiger partial charge in [0.05, 0.1) is 22.3 Å². The Labute approximate surface area is 187 Å². The number of nitrogens with zero attached hydrogens (tertiary/aromatic N) is 2. The molecule has 7 heteroatoms.